The molecule has 3 aromatic rings. The van der Waals surface area contributed by atoms with E-state index in [0.29, 0.717) is 22.5 Å². The highest BCUT2D eigenvalue weighted by Crippen LogP contribution is 2.46. The molecule has 0 saturated heterocycles. The van der Waals surface area contributed by atoms with Gasteiger partial charge in [0.1, 0.15) is 23.6 Å². The molecular weight excluding hydrogens is 558 g/mol. The number of nitrogens with one attached hydrogen (secondary N) is 1. The molecule has 2 N–H and O–H groups in total. The van der Waals surface area contributed by atoms with E-state index in [1.54, 1.807) is 50.5 Å². The molecule has 12 heteroatoms. The van der Waals surface area contributed by atoms with Gasteiger partial charge in [-0.3, -0.25) is 9.59 Å². The quantitative estimate of drug-likeness (QED) is 0.197. The van der Waals surface area contributed by atoms with E-state index in [1.807, 2.05) is 25.7 Å². The minimum absolute atomic E-state index is 0.00436. The molecule has 11 nitrogen and oxygen atoms in total. The number of aromatic hydroxyl groups is 1. The van der Waals surface area contributed by atoms with Crippen LogP contribution in [0.3, 0.4) is 0 Å². The number of fused-ring (bicyclic) bond motifs is 5. The number of benzene rings is 1. The van der Waals surface area contributed by atoms with E-state index in [1.165, 1.54) is 6.07 Å². The number of cyclic esters (lactones) is 1. The van der Waals surface area contributed by atoms with Crippen LogP contribution in [0.2, 0.25) is 19.6 Å². The second-order valence-corrected chi connectivity index (χ2v) is 18.0. The van der Waals surface area contributed by atoms with Gasteiger partial charge in [-0.25, -0.2) is 14.6 Å². The Morgan fingerprint density at radius 2 is 1.90 bits per heavy atom. The fourth-order valence-corrected chi connectivity index (χ4v) is 7.10. The summed E-state index contributed by atoms with van der Waals surface area (Å²) in [5.74, 6) is -1.54. The minimum Gasteiger partial charge on any atom is -0.508 e. The Balaban J connectivity index is 1.62. The lowest BCUT2D eigenvalue weighted by Gasteiger charge is -2.42. The fraction of sp³-hybridized carbons (Fsp3) is 0.433. The number of ether oxygens (including phenoxy) is 3. The van der Waals surface area contributed by atoms with Gasteiger partial charge in [0.15, 0.2) is 0 Å². The molecule has 5 rings (SSSR count). The van der Waals surface area contributed by atoms with Crippen LogP contribution in [0, 0.1) is 0 Å². The number of aromatic nitrogens is 2. The zero-order valence-electron chi connectivity index (χ0n) is 24.8. The predicted octanol–water partition coefficient (Wildman–Crippen LogP) is 4.28. The summed E-state index contributed by atoms with van der Waals surface area (Å²) in [6.45, 7) is 12.4. The summed E-state index contributed by atoms with van der Waals surface area (Å²) < 4.78 is 18.6. The molecule has 2 aliphatic rings. The highest BCUT2D eigenvalue weighted by atomic mass is 28.3. The standard InChI is InChI=1S/C30H35N3O8Si/c1-8-30(40-22(35)14-31-28(38)41-29(2,3)4)19-13-21-24-17(11-16-12-18(34)9-10-20(16)32-24)15-33(21)25(36)23(19)26(39-27(30)37)42(5,6)7/h9-13,26,34H,8,14-15H2,1-7H3,(H,31,38). The molecule has 4 heterocycles. The van der Waals surface area contributed by atoms with Crippen molar-refractivity contribution in [3.8, 4) is 17.1 Å². The fourth-order valence-electron chi connectivity index (χ4n) is 5.50. The van der Waals surface area contributed by atoms with Crippen LogP contribution < -0.4 is 10.9 Å². The smallest absolute Gasteiger partial charge is 0.408 e. The second kappa shape index (κ2) is 9.97. The third kappa shape index (κ3) is 5.04. The Bertz CT molecular complexity index is 1700. The summed E-state index contributed by atoms with van der Waals surface area (Å²) in [6, 6.07) is 8.44. The van der Waals surface area contributed by atoms with Gasteiger partial charge in [-0.15, -0.1) is 0 Å². The summed E-state index contributed by atoms with van der Waals surface area (Å²) in [4.78, 5) is 58.0. The van der Waals surface area contributed by atoms with Gasteiger partial charge in [-0.2, -0.15) is 0 Å². The number of rotatable bonds is 5. The molecule has 0 saturated carbocycles. The Morgan fingerprint density at radius 3 is 2.55 bits per heavy atom. The van der Waals surface area contributed by atoms with E-state index in [0.717, 1.165) is 10.9 Å². The van der Waals surface area contributed by atoms with Crippen LogP contribution in [0.15, 0.2) is 35.1 Å². The van der Waals surface area contributed by atoms with Crippen molar-refractivity contribution in [2.24, 2.45) is 0 Å². The summed E-state index contributed by atoms with van der Waals surface area (Å²) in [7, 11) is -2.32. The van der Waals surface area contributed by atoms with E-state index in [2.05, 4.69) is 5.32 Å². The van der Waals surface area contributed by atoms with Crippen molar-refractivity contribution in [3.63, 3.8) is 0 Å². The van der Waals surface area contributed by atoms with Gasteiger partial charge in [-0.1, -0.05) is 26.6 Å². The molecule has 0 radical (unpaired) electrons. The Hall–Kier alpha value is -4.19. The largest absolute Gasteiger partial charge is 0.508 e. The number of pyridine rings is 2. The van der Waals surface area contributed by atoms with Crippen molar-refractivity contribution in [1.29, 1.82) is 0 Å². The maximum atomic E-state index is 14.2. The highest BCUT2D eigenvalue weighted by molar-refractivity contribution is 6.77. The normalized spacial score (nSPS) is 19.4. The number of amides is 1. The van der Waals surface area contributed by atoms with Crippen molar-refractivity contribution in [3.05, 3.63) is 57.4 Å². The van der Waals surface area contributed by atoms with Gasteiger partial charge in [0.25, 0.3) is 5.56 Å². The van der Waals surface area contributed by atoms with Gasteiger partial charge in [0.05, 0.1) is 37.1 Å². The first-order valence-corrected chi connectivity index (χ1v) is 17.4. The number of hydrogen-bond acceptors (Lipinski definition) is 9. The van der Waals surface area contributed by atoms with Crippen LogP contribution in [0.1, 0.15) is 56.5 Å². The Kier molecular flexibility index (Phi) is 6.95. The van der Waals surface area contributed by atoms with Crippen molar-refractivity contribution in [2.45, 2.75) is 77.2 Å². The lowest BCUT2D eigenvalue weighted by atomic mass is 9.85. The lowest BCUT2D eigenvalue weighted by Crippen LogP contribution is -2.53. The van der Waals surface area contributed by atoms with Crippen LogP contribution in [0.25, 0.3) is 22.3 Å². The third-order valence-corrected chi connectivity index (χ3v) is 9.37. The molecule has 0 spiro atoms. The zero-order chi connectivity index (χ0) is 30.8. The first-order valence-electron chi connectivity index (χ1n) is 13.8. The maximum Gasteiger partial charge on any atom is 0.408 e. The number of hydrogen-bond donors (Lipinski definition) is 2. The van der Waals surface area contributed by atoms with Crippen LogP contribution in [0.5, 0.6) is 5.75 Å². The molecule has 2 atom stereocenters. The third-order valence-electron chi connectivity index (χ3n) is 7.39. The van der Waals surface area contributed by atoms with Crippen molar-refractivity contribution in [1.82, 2.24) is 14.9 Å². The number of carbonyl (C=O) groups excluding carboxylic acids is 3. The number of esters is 2. The zero-order valence-corrected chi connectivity index (χ0v) is 25.8. The molecule has 1 aromatic carbocycles. The van der Waals surface area contributed by atoms with Crippen molar-refractivity contribution < 1.29 is 33.7 Å². The molecule has 1 amide bonds. The number of phenols is 1. The van der Waals surface area contributed by atoms with E-state index >= 15 is 0 Å². The average molecular weight is 594 g/mol. The molecule has 2 aliphatic heterocycles. The molecule has 2 aromatic heterocycles. The van der Waals surface area contributed by atoms with Crippen LogP contribution >= 0.6 is 0 Å². The molecule has 42 heavy (non-hydrogen) atoms. The number of phenolic OH excluding ortho intramolecular Hbond substituents is 1. The minimum atomic E-state index is -2.32. The van der Waals surface area contributed by atoms with Gasteiger partial charge >= 0.3 is 18.0 Å². The monoisotopic (exact) mass is 593 g/mol. The van der Waals surface area contributed by atoms with Crippen molar-refractivity contribution in [2.75, 3.05) is 6.54 Å². The SMILES string of the molecule is CCC1(OC(=O)CNC(=O)OC(C)(C)C)C(=O)OC([Si](C)(C)C)c2c1cc1n(c2=O)Cc2cc3cc(O)ccc3nc2-1. The lowest BCUT2D eigenvalue weighted by molar-refractivity contribution is -0.190. The second-order valence-electron chi connectivity index (χ2n) is 12.8. The molecular formula is C30H35N3O8Si. The van der Waals surface area contributed by atoms with Crippen molar-refractivity contribution >= 4 is 37.0 Å². The van der Waals surface area contributed by atoms with Gasteiger partial charge in [-0.05, 0) is 57.5 Å². The highest BCUT2D eigenvalue weighted by Gasteiger charge is 2.55. The predicted molar refractivity (Wildman–Crippen MR) is 157 cm³/mol. The number of nitrogens with zero attached hydrogens (tertiary/aromatic N) is 2. The van der Waals surface area contributed by atoms with E-state index in [-0.39, 0.29) is 29.8 Å². The Labute approximate surface area is 243 Å². The Morgan fingerprint density at radius 1 is 1.19 bits per heavy atom. The summed E-state index contributed by atoms with van der Waals surface area (Å²) in [6.07, 6.45) is -0.815. The van der Waals surface area contributed by atoms with Crippen LogP contribution in [-0.4, -0.2) is 52.9 Å². The average Bonchev–Trinajstić information content (AvgIpc) is 3.24. The first kappa shape index (κ1) is 29.3. The summed E-state index contributed by atoms with van der Waals surface area (Å²) in [5.41, 5.74) is -0.736. The van der Waals surface area contributed by atoms with Crippen LogP contribution in [-0.2, 0) is 35.9 Å². The maximum absolute atomic E-state index is 14.2. The van der Waals surface area contributed by atoms with E-state index in [4.69, 9.17) is 19.2 Å². The van der Waals surface area contributed by atoms with E-state index in [9.17, 15) is 24.3 Å². The van der Waals surface area contributed by atoms with Gasteiger partial charge in [0, 0.05) is 16.5 Å². The van der Waals surface area contributed by atoms with Gasteiger partial charge < -0.3 is 29.2 Å². The summed E-state index contributed by atoms with van der Waals surface area (Å²) >= 11 is 0. The first-order chi connectivity index (χ1) is 19.5. The molecule has 0 fully saturated rings. The number of alkyl carbamates (subject to hydrolysis) is 1. The number of carbonyl (C=O) groups is 3. The topological polar surface area (TPSA) is 146 Å². The molecule has 222 valence electrons. The van der Waals surface area contributed by atoms with E-state index < -0.39 is 49.6 Å². The summed E-state index contributed by atoms with van der Waals surface area (Å²) in [5, 5.41) is 13.0. The van der Waals surface area contributed by atoms with Gasteiger partial charge in [0.2, 0.25) is 5.60 Å². The van der Waals surface area contributed by atoms with Crippen LogP contribution in [0.4, 0.5) is 4.79 Å². The molecule has 0 bridgehead atoms. The molecule has 2 unspecified atom stereocenters. The molecule has 0 aliphatic carbocycles.